The SMILES string of the molecule is C=Cc1c(C)cc(O)c2c1-c1ccc(OC)c(C)c1CC2. The maximum absolute atomic E-state index is 10.3. The lowest BCUT2D eigenvalue weighted by molar-refractivity contribution is 0.411. The van der Waals surface area contributed by atoms with Crippen molar-refractivity contribution in [2.24, 2.45) is 0 Å². The van der Waals surface area contributed by atoms with E-state index in [9.17, 15) is 5.11 Å². The van der Waals surface area contributed by atoms with E-state index in [1.54, 1.807) is 7.11 Å². The van der Waals surface area contributed by atoms with Crippen molar-refractivity contribution in [2.75, 3.05) is 7.11 Å². The number of rotatable bonds is 2. The molecule has 0 bridgehead atoms. The van der Waals surface area contributed by atoms with Gasteiger partial charge >= 0.3 is 0 Å². The topological polar surface area (TPSA) is 29.5 Å². The van der Waals surface area contributed by atoms with Crippen LogP contribution < -0.4 is 4.74 Å². The van der Waals surface area contributed by atoms with Crippen LogP contribution in [0.3, 0.4) is 0 Å². The van der Waals surface area contributed by atoms with E-state index < -0.39 is 0 Å². The molecule has 0 aromatic heterocycles. The Labute approximate surface area is 125 Å². The number of phenols is 1. The summed E-state index contributed by atoms with van der Waals surface area (Å²) < 4.78 is 5.43. The van der Waals surface area contributed by atoms with Crippen LogP contribution in [0.25, 0.3) is 17.2 Å². The average Bonchev–Trinajstić information content (AvgIpc) is 2.48. The van der Waals surface area contributed by atoms with Crippen molar-refractivity contribution in [3.63, 3.8) is 0 Å². The van der Waals surface area contributed by atoms with Crippen LogP contribution >= 0.6 is 0 Å². The molecule has 0 aliphatic heterocycles. The highest BCUT2D eigenvalue weighted by atomic mass is 16.5. The molecular weight excluding hydrogens is 260 g/mol. The van der Waals surface area contributed by atoms with Gasteiger partial charge < -0.3 is 9.84 Å². The molecule has 0 amide bonds. The Morgan fingerprint density at radius 1 is 1.19 bits per heavy atom. The zero-order valence-corrected chi connectivity index (χ0v) is 12.8. The first-order valence-electron chi connectivity index (χ1n) is 7.23. The van der Waals surface area contributed by atoms with Crippen LogP contribution in [0.5, 0.6) is 11.5 Å². The van der Waals surface area contributed by atoms with E-state index in [1.165, 1.54) is 16.7 Å². The second-order valence-electron chi connectivity index (χ2n) is 5.60. The minimum atomic E-state index is 0.396. The predicted octanol–water partition coefficient (Wildman–Crippen LogP) is 4.43. The number of aryl methyl sites for hydroxylation is 1. The number of aromatic hydroxyl groups is 1. The molecule has 0 saturated heterocycles. The van der Waals surface area contributed by atoms with Gasteiger partial charge in [0.05, 0.1) is 7.11 Å². The van der Waals surface area contributed by atoms with Gasteiger partial charge in [-0.05, 0) is 72.2 Å². The van der Waals surface area contributed by atoms with Gasteiger partial charge in [0.15, 0.2) is 0 Å². The third-order valence-corrected chi connectivity index (χ3v) is 4.53. The number of phenolic OH excluding ortho intramolecular Hbond substituents is 1. The molecule has 0 fully saturated rings. The largest absolute Gasteiger partial charge is 0.508 e. The summed E-state index contributed by atoms with van der Waals surface area (Å²) in [4.78, 5) is 0. The Morgan fingerprint density at radius 3 is 2.57 bits per heavy atom. The van der Waals surface area contributed by atoms with Gasteiger partial charge in [-0.2, -0.15) is 0 Å². The van der Waals surface area contributed by atoms with Gasteiger partial charge in [-0.3, -0.25) is 0 Å². The molecule has 3 rings (SSSR count). The van der Waals surface area contributed by atoms with Crippen molar-refractivity contribution in [1.82, 2.24) is 0 Å². The lowest BCUT2D eigenvalue weighted by atomic mass is 9.79. The summed E-state index contributed by atoms with van der Waals surface area (Å²) in [6, 6.07) is 5.96. The first-order chi connectivity index (χ1) is 10.1. The molecular formula is C19H20O2. The van der Waals surface area contributed by atoms with Gasteiger partial charge in [-0.1, -0.05) is 18.7 Å². The normalized spacial score (nSPS) is 12.5. The third-order valence-electron chi connectivity index (χ3n) is 4.53. The van der Waals surface area contributed by atoms with Gasteiger partial charge in [0.2, 0.25) is 0 Å². The number of hydrogen-bond acceptors (Lipinski definition) is 2. The molecule has 0 heterocycles. The molecule has 108 valence electrons. The van der Waals surface area contributed by atoms with Crippen LogP contribution in [0.4, 0.5) is 0 Å². The molecule has 2 aromatic rings. The fraction of sp³-hybridized carbons (Fsp3) is 0.263. The summed E-state index contributed by atoms with van der Waals surface area (Å²) in [5.41, 5.74) is 8.05. The standard InChI is InChI=1S/C19H20O2/c1-5-13-11(2)10-17(20)16-7-6-14-12(3)18(21-4)9-8-15(14)19(13)16/h5,8-10,20H,1,6-7H2,2-4H3. The van der Waals surface area contributed by atoms with E-state index in [4.69, 9.17) is 4.74 Å². The Hall–Kier alpha value is -2.22. The number of ether oxygens (including phenoxy) is 1. The summed E-state index contributed by atoms with van der Waals surface area (Å²) in [5.74, 6) is 1.32. The number of fused-ring (bicyclic) bond motifs is 3. The quantitative estimate of drug-likeness (QED) is 0.882. The van der Waals surface area contributed by atoms with Crippen molar-refractivity contribution < 1.29 is 9.84 Å². The number of benzene rings is 2. The third kappa shape index (κ3) is 1.94. The second kappa shape index (κ2) is 4.96. The summed E-state index contributed by atoms with van der Waals surface area (Å²) in [7, 11) is 1.71. The summed E-state index contributed by atoms with van der Waals surface area (Å²) in [6.45, 7) is 8.07. The zero-order chi connectivity index (χ0) is 15.1. The van der Waals surface area contributed by atoms with Crippen molar-refractivity contribution in [3.05, 3.63) is 52.6 Å². The first kappa shape index (κ1) is 13.7. The Morgan fingerprint density at radius 2 is 1.90 bits per heavy atom. The molecule has 1 N–H and O–H groups in total. The summed E-state index contributed by atoms with van der Waals surface area (Å²) >= 11 is 0. The van der Waals surface area contributed by atoms with Crippen molar-refractivity contribution >= 4 is 6.08 Å². The minimum absolute atomic E-state index is 0.396. The molecule has 1 aliphatic carbocycles. The second-order valence-corrected chi connectivity index (χ2v) is 5.60. The monoisotopic (exact) mass is 280 g/mol. The fourth-order valence-corrected chi connectivity index (χ4v) is 3.44. The predicted molar refractivity (Wildman–Crippen MR) is 87.1 cm³/mol. The highest BCUT2D eigenvalue weighted by Gasteiger charge is 2.24. The Balaban J connectivity index is 2.37. The number of methoxy groups -OCH3 is 1. The molecule has 2 nitrogen and oxygen atoms in total. The van der Waals surface area contributed by atoms with Gasteiger partial charge in [-0.25, -0.2) is 0 Å². The average molecular weight is 280 g/mol. The molecule has 21 heavy (non-hydrogen) atoms. The molecule has 2 aromatic carbocycles. The Bertz CT molecular complexity index is 742. The van der Waals surface area contributed by atoms with Crippen molar-refractivity contribution in [2.45, 2.75) is 26.7 Å². The van der Waals surface area contributed by atoms with Crippen molar-refractivity contribution in [3.8, 4) is 22.6 Å². The molecule has 0 spiro atoms. The molecule has 0 unspecified atom stereocenters. The van der Waals surface area contributed by atoms with Crippen LogP contribution in [-0.4, -0.2) is 12.2 Å². The van der Waals surface area contributed by atoms with Gasteiger partial charge in [0.1, 0.15) is 11.5 Å². The summed E-state index contributed by atoms with van der Waals surface area (Å²) in [5, 5.41) is 10.3. The van der Waals surface area contributed by atoms with E-state index >= 15 is 0 Å². The van der Waals surface area contributed by atoms with E-state index in [0.717, 1.165) is 40.8 Å². The Kier molecular flexibility index (Phi) is 3.25. The lowest BCUT2D eigenvalue weighted by Crippen LogP contribution is -2.09. The maximum Gasteiger partial charge on any atom is 0.122 e. The highest BCUT2D eigenvalue weighted by Crippen LogP contribution is 2.44. The van der Waals surface area contributed by atoms with E-state index in [2.05, 4.69) is 19.6 Å². The maximum atomic E-state index is 10.3. The van der Waals surface area contributed by atoms with Gasteiger partial charge in [-0.15, -0.1) is 0 Å². The first-order valence-corrected chi connectivity index (χ1v) is 7.23. The van der Waals surface area contributed by atoms with Crippen LogP contribution in [0.2, 0.25) is 0 Å². The van der Waals surface area contributed by atoms with E-state index in [1.807, 2.05) is 25.1 Å². The molecule has 0 radical (unpaired) electrons. The van der Waals surface area contributed by atoms with Crippen LogP contribution in [0, 0.1) is 13.8 Å². The number of hydrogen-bond donors (Lipinski definition) is 1. The van der Waals surface area contributed by atoms with Crippen molar-refractivity contribution in [1.29, 1.82) is 0 Å². The lowest BCUT2D eigenvalue weighted by Gasteiger charge is -2.26. The van der Waals surface area contributed by atoms with Gasteiger partial charge in [0.25, 0.3) is 0 Å². The van der Waals surface area contributed by atoms with E-state index in [0.29, 0.717) is 5.75 Å². The molecule has 0 atom stereocenters. The minimum Gasteiger partial charge on any atom is -0.508 e. The van der Waals surface area contributed by atoms with Crippen LogP contribution in [0.1, 0.15) is 27.8 Å². The summed E-state index contributed by atoms with van der Waals surface area (Å²) in [6.07, 6.45) is 3.67. The molecule has 2 heteroatoms. The fourth-order valence-electron chi connectivity index (χ4n) is 3.44. The van der Waals surface area contributed by atoms with E-state index in [-0.39, 0.29) is 0 Å². The molecule has 0 saturated carbocycles. The zero-order valence-electron chi connectivity index (χ0n) is 12.8. The smallest absolute Gasteiger partial charge is 0.122 e. The van der Waals surface area contributed by atoms with Crippen LogP contribution in [0.15, 0.2) is 24.8 Å². The van der Waals surface area contributed by atoms with Gasteiger partial charge in [0, 0.05) is 5.56 Å². The highest BCUT2D eigenvalue weighted by molar-refractivity contribution is 5.85. The molecule has 1 aliphatic rings. The van der Waals surface area contributed by atoms with Crippen LogP contribution in [-0.2, 0) is 12.8 Å².